The van der Waals surface area contributed by atoms with E-state index in [1.807, 2.05) is 48.0 Å². The van der Waals surface area contributed by atoms with E-state index >= 15 is 0 Å². The number of benzene rings is 3. The predicted molar refractivity (Wildman–Crippen MR) is 143 cm³/mol. The van der Waals surface area contributed by atoms with Gasteiger partial charge in [-0.1, -0.05) is 60.5 Å². The number of nitrogens with zero attached hydrogens (tertiary/aromatic N) is 1. The molecule has 1 aromatic heterocycles. The van der Waals surface area contributed by atoms with E-state index in [1.165, 1.54) is 12.0 Å². The molecule has 0 atom stereocenters. The zero-order valence-corrected chi connectivity index (χ0v) is 20.5. The van der Waals surface area contributed by atoms with Crippen LogP contribution in [0.3, 0.4) is 0 Å². The molecule has 3 aromatic carbocycles. The SMILES string of the molecule is O=C(O)C=Cc1ccc(C(=C(c2ccc(CO)cc2Cl)C2CCC2)c2ccc3scnc3c2)cc1. The first-order chi connectivity index (χ1) is 17.0. The number of carboxylic acids is 1. The van der Waals surface area contributed by atoms with Gasteiger partial charge in [-0.15, -0.1) is 11.3 Å². The van der Waals surface area contributed by atoms with Crippen molar-refractivity contribution in [3.05, 3.63) is 105 Å². The molecule has 1 fully saturated rings. The highest BCUT2D eigenvalue weighted by atomic mass is 35.5. The molecule has 5 rings (SSSR count). The van der Waals surface area contributed by atoms with Gasteiger partial charge in [-0.25, -0.2) is 9.78 Å². The van der Waals surface area contributed by atoms with Crippen LogP contribution in [0.25, 0.3) is 27.4 Å². The minimum Gasteiger partial charge on any atom is -0.478 e. The fourth-order valence-electron chi connectivity index (χ4n) is 4.55. The summed E-state index contributed by atoms with van der Waals surface area (Å²) in [4.78, 5) is 15.5. The first-order valence-corrected chi connectivity index (χ1v) is 12.8. The first-order valence-electron chi connectivity index (χ1n) is 11.5. The second-order valence-corrected chi connectivity index (χ2v) is 10.0. The molecule has 0 aliphatic heterocycles. The van der Waals surface area contributed by atoms with E-state index in [9.17, 15) is 9.90 Å². The number of halogens is 1. The summed E-state index contributed by atoms with van der Waals surface area (Å²) in [5.41, 5.74) is 9.83. The number of aromatic nitrogens is 1. The highest BCUT2D eigenvalue weighted by Crippen LogP contribution is 2.47. The van der Waals surface area contributed by atoms with E-state index in [4.69, 9.17) is 16.7 Å². The van der Waals surface area contributed by atoms with E-state index in [2.05, 4.69) is 23.2 Å². The number of aliphatic carboxylic acids is 1. The molecular formula is C29H24ClNO3S. The Labute approximate surface area is 212 Å². The van der Waals surface area contributed by atoms with Gasteiger partial charge in [0.25, 0.3) is 0 Å². The third kappa shape index (κ3) is 4.94. The van der Waals surface area contributed by atoms with Crippen molar-refractivity contribution in [1.82, 2.24) is 4.98 Å². The molecule has 4 nitrogen and oxygen atoms in total. The van der Waals surface area contributed by atoms with Gasteiger partial charge in [0.1, 0.15) is 0 Å². The number of thiazole rings is 1. The van der Waals surface area contributed by atoms with Crippen LogP contribution in [0.15, 0.2) is 72.3 Å². The van der Waals surface area contributed by atoms with Crippen molar-refractivity contribution < 1.29 is 15.0 Å². The first kappa shape index (κ1) is 23.5. The molecule has 176 valence electrons. The lowest BCUT2D eigenvalue weighted by molar-refractivity contribution is -0.131. The van der Waals surface area contributed by atoms with E-state index in [1.54, 1.807) is 17.4 Å². The lowest BCUT2D eigenvalue weighted by atomic mass is 9.73. The maximum absolute atomic E-state index is 10.9. The van der Waals surface area contributed by atoms with Gasteiger partial charge >= 0.3 is 5.97 Å². The average Bonchev–Trinajstić information content (AvgIpc) is 3.30. The molecule has 0 radical (unpaired) electrons. The highest BCUT2D eigenvalue weighted by molar-refractivity contribution is 7.16. The molecule has 35 heavy (non-hydrogen) atoms. The fraction of sp³-hybridized carbons (Fsp3) is 0.172. The summed E-state index contributed by atoms with van der Waals surface area (Å²) in [6, 6.07) is 20.1. The number of hydrogen-bond donors (Lipinski definition) is 2. The fourth-order valence-corrected chi connectivity index (χ4v) is 5.51. The van der Waals surface area contributed by atoms with E-state index in [0.29, 0.717) is 10.9 Å². The Balaban J connectivity index is 1.74. The lowest BCUT2D eigenvalue weighted by Crippen LogP contribution is -2.15. The van der Waals surface area contributed by atoms with Crippen LogP contribution in [0.5, 0.6) is 0 Å². The second kappa shape index (κ2) is 10.2. The highest BCUT2D eigenvalue weighted by Gasteiger charge is 2.28. The maximum Gasteiger partial charge on any atom is 0.328 e. The smallest absolute Gasteiger partial charge is 0.328 e. The molecule has 1 saturated carbocycles. The maximum atomic E-state index is 10.9. The second-order valence-electron chi connectivity index (χ2n) is 8.72. The number of aliphatic hydroxyl groups excluding tert-OH is 1. The molecule has 0 amide bonds. The Morgan fingerprint density at radius 2 is 1.83 bits per heavy atom. The topological polar surface area (TPSA) is 70.4 Å². The van der Waals surface area contributed by atoms with Crippen molar-refractivity contribution in [2.75, 3.05) is 0 Å². The zero-order chi connectivity index (χ0) is 24.4. The number of carboxylic acid groups (broad SMARTS) is 1. The van der Waals surface area contributed by atoms with Gasteiger partial charge in [-0.2, -0.15) is 0 Å². The van der Waals surface area contributed by atoms with Crippen molar-refractivity contribution in [3.8, 4) is 0 Å². The normalized spacial score (nSPS) is 14.8. The van der Waals surface area contributed by atoms with Gasteiger partial charge < -0.3 is 10.2 Å². The monoisotopic (exact) mass is 501 g/mol. The van der Waals surface area contributed by atoms with Gasteiger partial charge in [0.05, 0.1) is 22.3 Å². The summed E-state index contributed by atoms with van der Waals surface area (Å²) in [5.74, 6) is -0.598. The van der Waals surface area contributed by atoms with Crippen LogP contribution < -0.4 is 0 Å². The number of carbonyl (C=O) groups is 1. The number of rotatable bonds is 7. The van der Waals surface area contributed by atoms with Crippen LogP contribution in [0.1, 0.15) is 47.1 Å². The minimum atomic E-state index is -0.973. The Morgan fingerprint density at radius 1 is 1.06 bits per heavy atom. The molecule has 0 bridgehead atoms. The molecule has 0 unspecified atom stereocenters. The number of fused-ring (bicyclic) bond motifs is 1. The van der Waals surface area contributed by atoms with E-state index in [0.717, 1.165) is 62.5 Å². The van der Waals surface area contributed by atoms with Crippen molar-refractivity contribution >= 4 is 56.3 Å². The number of hydrogen-bond acceptors (Lipinski definition) is 4. The van der Waals surface area contributed by atoms with Crippen molar-refractivity contribution in [2.24, 2.45) is 5.92 Å². The molecule has 6 heteroatoms. The van der Waals surface area contributed by atoms with Crippen LogP contribution in [-0.2, 0) is 11.4 Å². The molecule has 4 aromatic rings. The molecule has 1 heterocycles. The number of allylic oxidation sites excluding steroid dienone is 1. The van der Waals surface area contributed by atoms with Gasteiger partial charge in [-0.05, 0) is 82.0 Å². The third-order valence-corrected chi connectivity index (χ3v) is 7.65. The summed E-state index contributed by atoms with van der Waals surface area (Å²) < 4.78 is 1.14. The predicted octanol–water partition coefficient (Wildman–Crippen LogP) is 7.30. The standard InChI is InChI=1S/C29H24ClNO3S/c30-24-14-19(16-32)6-11-23(24)29(20-2-1-3-20)28(22-10-12-26-25(15-22)31-17-35-26)21-8-4-18(5-9-21)7-13-27(33)34/h4-15,17,20,32H,1-3,16H2,(H,33,34). The Kier molecular flexibility index (Phi) is 6.82. The van der Waals surface area contributed by atoms with Crippen LogP contribution >= 0.6 is 22.9 Å². The van der Waals surface area contributed by atoms with Gasteiger partial charge in [-0.3, -0.25) is 0 Å². The summed E-state index contributed by atoms with van der Waals surface area (Å²) in [5, 5.41) is 19.2. The summed E-state index contributed by atoms with van der Waals surface area (Å²) >= 11 is 8.42. The van der Waals surface area contributed by atoms with Crippen molar-refractivity contribution in [1.29, 1.82) is 0 Å². The molecular weight excluding hydrogens is 478 g/mol. The largest absolute Gasteiger partial charge is 0.478 e. The van der Waals surface area contributed by atoms with Crippen LogP contribution in [-0.4, -0.2) is 21.2 Å². The molecule has 0 saturated heterocycles. The minimum absolute atomic E-state index is 0.0544. The van der Waals surface area contributed by atoms with Crippen LogP contribution in [0.2, 0.25) is 5.02 Å². The summed E-state index contributed by atoms with van der Waals surface area (Å²) in [7, 11) is 0. The van der Waals surface area contributed by atoms with Gasteiger partial charge in [0.15, 0.2) is 0 Å². The lowest BCUT2D eigenvalue weighted by Gasteiger charge is -2.32. The molecule has 0 spiro atoms. The van der Waals surface area contributed by atoms with Gasteiger partial charge in [0.2, 0.25) is 0 Å². The van der Waals surface area contributed by atoms with Crippen LogP contribution in [0.4, 0.5) is 0 Å². The zero-order valence-electron chi connectivity index (χ0n) is 18.9. The summed E-state index contributed by atoms with van der Waals surface area (Å²) in [6.07, 6.45) is 6.10. The van der Waals surface area contributed by atoms with Gasteiger partial charge in [0, 0.05) is 11.1 Å². The van der Waals surface area contributed by atoms with Crippen LogP contribution in [0, 0.1) is 5.92 Å². The Bertz CT molecular complexity index is 1450. The molecule has 1 aliphatic carbocycles. The van der Waals surface area contributed by atoms with E-state index in [-0.39, 0.29) is 6.61 Å². The Morgan fingerprint density at radius 3 is 2.49 bits per heavy atom. The van der Waals surface area contributed by atoms with Crippen molar-refractivity contribution in [3.63, 3.8) is 0 Å². The average molecular weight is 502 g/mol. The van der Waals surface area contributed by atoms with Crippen molar-refractivity contribution in [2.45, 2.75) is 25.9 Å². The molecule has 2 N–H and O–H groups in total. The number of aliphatic hydroxyl groups is 1. The third-order valence-electron chi connectivity index (χ3n) is 6.53. The summed E-state index contributed by atoms with van der Waals surface area (Å²) in [6.45, 7) is -0.0544. The quantitative estimate of drug-likeness (QED) is 0.206. The molecule has 1 aliphatic rings. The Hall–Kier alpha value is -3.25. The van der Waals surface area contributed by atoms with E-state index < -0.39 is 5.97 Å².